The Labute approximate surface area is 105 Å². The Morgan fingerprint density at radius 1 is 1.19 bits per heavy atom. The summed E-state index contributed by atoms with van der Waals surface area (Å²) in [6.45, 7) is 1.88. The van der Waals surface area contributed by atoms with E-state index in [0.29, 0.717) is 5.02 Å². The first kappa shape index (κ1) is 12.0. The van der Waals surface area contributed by atoms with E-state index in [1.54, 1.807) is 0 Å². The van der Waals surface area contributed by atoms with Gasteiger partial charge in [-0.05, 0) is 36.8 Å². The summed E-state index contributed by atoms with van der Waals surface area (Å²) in [6, 6.07) is 7.42. The van der Waals surface area contributed by atoms with E-state index >= 15 is 0 Å². The van der Waals surface area contributed by atoms with Crippen molar-refractivity contribution in [2.45, 2.75) is 11.8 Å². The third kappa shape index (κ3) is 2.81. The molecule has 1 aliphatic rings. The van der Waals surface area contributed by atoms with E-state index in [2.05, 4.69) is 0 Å². The maximum absolute atomic E-state index is 11.4. The molecule has 0 N–H and O–H groups in total. The number of benzene rings is 1. The predicted octanol–water partition coefficient (Wildman–Crippen LogP) is 3.13. The summed E-state index contributed by atoms with van der Waals surface area (Å²) in [7, 11) is -2.89. The van der Waals surface area contributed by atoms with Crippen LogP contribution in [0.2, 0.25) is 5.02 Å². The van der Waals surface area contributed by atoms with Crippen LogP contribution in [0.5, 0.6) is 0 Å². The molecule has 0 aromatic heterocycles. The summed E-state index contributed by atoms with van der Waals surface area (Å²) >= 11 is 7.30. The highest BCUT2D eigenvalue weighted by Gasteiger charge is 2.25. The molecule has 0 spiro atoms. The molecule has 86 valence electrons. The Balaban J connectivity index is 2.17. The number of sulfone groups is 1. The fourth-order valence-electron chi connectivity index (χ4n) is 1.55. The largest absolute Gasteiger partial charge is 0.228 e. The van der Waals surface area contributed by atoms with Crippen molar-refractivity contribution in [3.05, 3.63) is 39.8 Å². The average molecular weight is 275 g/mol. The molecule has 1 aromatic rings. The molecular formula is C11H11ClO2S2. The quantitative estimate of drug-likeness (QED) is 0.831. The maximum atomic E-state index is 11.4. The number of rotatable bonds is 2. The summed E-state index contributed by atoms with van der Waals surface area (Å²) < 4.78 is 22.8. The van der Waals surface area contributed by atoms with Crippen LogP contribution in [0.15, 0.2) is 39.6 Å². The van der Waals surface area contributed by atoms with Gasteiger partial charge in [-0.2, -0.15) is 0 Å². The van der Waals surface area contributed by atoms with Gasteiger partial charge in [-0.25, -0.2) is 8.42 Å². The molecule has 16 heavy (non-hydrogen) atoms. The second-order valence-electron chi connectivity index (χ2n) is 3.79. The molecule has 0 atom stereocenters. The summed E-state index contributed by atoms with van der Waals surface area (Å²) in [4.78, 5) is 1.97. The molecule has 1 aliphatic heterocycles. The first-order valence-electron chi connectivity index (χ1n) is 4.79. The van der Waals surface area contributed by atoms with Crippen LogP contribution in [0.25, 0.3) is 0 Å². The van der Waals surface area contributed by atoms with Gasteiger partial charge in [0.1, 0.15) is 0 Å². The highest BCUT2D eigenvalue weighted by Crippen LogP contribution is 2.34. The molecule has 0 fully saturated rings. The molecule has 0 saturated heterocycles. The van der Waals surface area contributed by atoms with Gasteiger partial charge in [0.05, 0.1) is 11.5 Å². The Morgan fingerprint density at radius 3 is 2.31 bits per heavy atom. The van der Waals surface area contributed by atoms with Gasteiger partial charge >= 0.3 is 0 Å². The fraction of sp³-hybridized carbons (Fsp3) is 0.273. The van der Waals surface area contributed by atoms with Crippen molar-refractivity contribution in [1.29, 1.82) is 0 Å². The van der Waals surface area contributed by atoms with Gasteiger partial charge in [-0.1, -0.05) is 23.4 Å². The van der Waals surface area contributed by atoms with E-state index in [1.807, 2.05) is 31.2 Å². The van der Waals surface area contributed by atoms with E-state index < -0.39 is 9.84 Å². The van der Waals surface area contributed by atoms with Crippen LogP contribution in [0.1, 0.15) is 6.92 Å². The van der Waals surface area contributed by atoms with Crippen LogP contribution >= 0.6 is 23.4 Å². The highest BCUT2D eigenvalue weighted by molar-refractivity contribution is 8.05. The van der Waals surface area contributed by atoms with Crippen molar-refractivity contribution in [1.82, 2.24) is 0 Å². The third-order valence-corrected chi connectivity index (χ3v) is 5.60. The van der Waals surface area contributed by atoms with Crippen LogP contribution in [0.4, 0.5) is 0 Å². The highest BCUT2D eigenvalue weighted by atomic mass is 35.5. The third-order valence-electron chi connectivity index (χ3n) is 2.32. The number of hydrogen-bond donors (Lipinski definition) is 0. The normalized spacial score (nSPS) is 19.1. The van der Waals surface area contributed by atoms with Crippen LogP contribution in [-0.2, 0) is 9.84 Å². The standard InChI is InChI=1S/C11H11ClO2S2/c1-8-6-16(13,14)7-11(8)15-10-4-2-9(12)3-5-10/h2-5H,6-7H2,1H3. The van der Waals surface area contributed by atoms with Crippen molar-refractivity contribution >= 4 is 33.2 Å². The van der Waals surface area contributed by atoms with Crippen LogP contribution in [0, 0.1) is 0 Å². The van der Waals surface area contributed by atoms with Crippen molar-refractivity contribution in [2.24, 2.45) is 0 Å². The predicted molar refractivity (Wildman–Crippen MR) is 68.7 cm³/mol. The van der Waals surface area contributed by atoms with Gasteiger partial charge in [0.15, 0.2) is 9.84 Å². The zero-order chi connectivity index (χ0) is 11.8. The molecular weight excluding hydrogens is 264 g/mol. The van der Waals surface area contributed by atoms with E-state index in [1.165, 1.54) is 11.8 Å². The van der Waals surface area contributed by atoms with E-state index in [-0.39, 0.29) is 11.5 Å². The van der Waals surface area contributed by atoms with E-state index in [0.717, 1.165) is 15.4 Å². The lowest BCUT2D eigenvalue weighted by Gasteiger charge is -2.02. The monoisotopic (exact) mass is 274 g/mol. The smallest absolute Gasteiger partial charge is 0.158 e. The number of hydrogen-bond acceptors (Lipinski definition) is 3. The molecule has 1 aromatic carbocycles. The maximum Gasteiger partial charge on any atom is 0.158 e. The molecule has 1 heterocycles. The Hall–Kier alpha value is -0.450. The SMILES string of the molecule is CC1=C(Sc2ccc(Cl)cc2)CS(=O)(=O)C1. The van der Waals surface area contributed by atoms with Gasteiger partial charge in [0.2, 0.25) is 0 Å². The fourth-order valence-corrected chi connectivity index (χ4v) is 4.92. The molecule has 0 unspecified atom stereocenters. The second-order valence-corrected chi connectivity index (χ2v) is 7.46. The van der Waals surface area contributed by atoms with Gasteiger partial charge < -0.3 is 0 Å². The molecule has 0 amide bonds. The van der Waals surface area contributed by atoms with E-state index in [9.17, 15) is 8.42 Å². The lowest BCUT2D eigenvalue weighted by molar-refractivity contribution is 0.603. The summed E-state index contributed by atoms with van der Waals surface area (Å²) in [5, 5.41) is 0.689. The van der Waals surface area contributed by atoms with Gasteiger partial charge in [0.25, 0.3) is 0 Å². The minimum absolute atomic E-state index is 0.173. The summed E-state index contributed by atoms with van der Waals surface area (Å²) in [6.07, 6.45) is 0. The minimum atomic E-state index is -2.89. The van der Waals surface area contributed by atoms with Gasteiger partial charge in [-0.3, -0.25) is 0 Å². The second kappa shape index (κ2) is 4.43. The molecule has 0 aliphatic carbocycles. The summed E-state index contributed by atoms with van der Waals surface area (Å²) in [5.41, 5.74) is 0.958. The zero-order valence-corrected chi connectivity index (χ0v) is 11.1. The van der Waals surface area contributed by atoms with Crippen LogP contribution in [0.3, 0.4) is 0 Å². The number of halogens is 1. The first-order chi connectivity index (χ1) is 7.46. The Bertz CT molecular complexity index is 530. The molecule has 0 saturated carbocycles. The van der Waals surface area contributed by atoms with Crippen LogP contribution < -0.4 is 0 Å². The molecule has 0 bridgehead atoms. The number of thioether (sulfide) groups is 1. The van der Waals surface area contributed by atoms with Crippen molar-refractivity contribution in [3.63, 3.8) is 0 Å². The Kier molecular flexibility index (Phi) is 3.33. The van der Waals surface area contributed by atoms with Gasteiger partial charge in [0, 0.05) is 14.8 Å². The lowest BCUT2D eigenvalue weighted by atomic mass is 10.3. The summed E-state index contributed by atoms with van der Waals surface area (Å²) in [5.74, 6) is 0.370. The van der Waals surface area contributed by atoms with E-state index in [4.69, 9.17) is 11.6 Å². The topological polar surface area (TPSA) is 34.1 Å². The molecule has 5 heteroatoms. The van der Waals surface area contributed by atoms with Crippen molar-refractivity contribution < 1.29 is 8.42 Å². The first-order valence-corrected chi connectivity index (χ1v) is 7.80. The van der Waals surface area contributed by atoms with Crippen molar-refractivity contribution in [3.8, 4) is 0 Å². The lowest BCUT2D eigenvalue weighted by Crippen LogP contribution is -2.02. The zero-order valence-electron chi connectivity index (χ0n) is 8.73. The van der Waals surface area contributed by atoms with Crippen LogP contribution in [-0.4, -0.2) is 19.9 Å². The molecule has 0 radical (unpaired) electrons. The van der Waals surface area contributed by atoms with Gasteiger partial charge in [-0.15, -0.1) is 0 Å². The molecule has 2 nitrogen and oxygen atoms in total. The Morgan fingerprint density at radius 2 is 1.81 bits per heavy atom. The molecule has 2 rings (SSSR count). The van der Waals surface area contributed by atoms with Crippen molar-refractivity contribution in [2.75, 3.05) is 11.5 Å². The minimum Gasteiger partial charge on any atom is -0.228 e. The average Bonchev–Trinajstić information content (AvgIpc) is 2.44.